The molecule has 0 aromatic carbocycles. The Hall–Kier alpha value is -1.13. The summed E-state index contributed by atoms with van der Waals surface area (Å²) in [4.78, 5) is 6.52. The van der Waals surface area contributed by atoms with Gasteiger partial charge in [-0.15, -0.1) is 0 Å². The quantitative estimate of drug-likeness (QED) is 0.767. The van der Waals surface area contributed by atoms with E-state index >= 15 is 0 Å². The van der Waals surface area contributed by atoms with Crippen LogP contribution in [0.15, 0.2) is 18.3 Å². The summed E-state index contributed by atoms with van der Waals surface area (Å²) in [6.45, 7) is 6.91. The molecule has 1 N–H and O–H groups in total. The third-order valence-corrected chi connectivity index (χ3v) is 2.71. The highest BCUT2D eigenvalue weighted by Gasteiger charge is 2.05. The smallest absolute Gasteiger partial charge is 0.137 e. The lowest BCUT2D eigenvalue weighted by atomic mass is 10.2. The summed E-state index contributed by atoms with van der Waals surface area (Å²) in [7, 11) is 4.07. The van der Waals surface area contributed by atoms with Crippen molar-refractivity contribution in [2.45, 2.75) is 26.3 Å². The number of nitrogens with one attached hydrogen (secondary N) is 1. The summed E-state index contributed by atoms with van der Waals surface area (Å²) in [6, 6.07) is 4.31. The summed E-state index contributed by atoms with van der Waals surface area (Å²) in [6.07, 6.45) is 2.94. The average Bonchev–Trinajstić information content (AvgIpc) is 2.36. The Labute approximate surface area is 110 Å². The monoisotopic (exact) mass is 251 g/mol. The topological polar surface area (TPSA) is 37.4 Å². The molecule has 0 saturated carbocycles. The van der Waals surface area contributed by atoms with E-state index in [0.29, 0.717) is 12.6 Å². The normalized spacial score (nSPS) is 12.7. The van der Waals surface area contributed by atoms with Gasteiger partial charge in [-0.3, -0.25) is 4.98 Å². The molecular weight excluding hydrogens is 226 g/mol. The number of nitrogens with zero attached hydrogens (tertiary/aromatic N) is 2. The maximum atomic E-state index is 5.61. The van der Waals surface area contributed by atoms with E-state index in [1.165, 1.54) is 0 Å². The Kier molecular flexibility index (Phi) is 6.68. The van der Waals surface area contributed by atoms with Gasteiger partial charge in [0.1, 0.15) is 12.4 Å². The van der Waals surface area contributed by atoms with Crippen molar-refractivity contribution >= 4 is 0 Å². The second-order valence-electron chi connectivity index (χ2n) is 4.75. The fraction of sp³-hybridized carbons (Fsp3) is 0.643. The molecule has 1 aromatic rings. The predicted octanol–water partition coefficient (Wildman–Crippen LogP) is 2.08. The van der Waals surface area contributed by atoms with Crippen LogP contribution < -0.4 is 10.1 Å². The maximum Gasteiger partial charge on any atom is 0.137 e. The molecule has 0 fully saturated rings. The lowest BCUT2D eigenvalue weighted by Gasteiger charge is -2.14. The van der Waals surface area contributed by atoms with Gasteiger partial charge in [-0.2, -0.15) is 0 Å². The molecule has 4 nitrogen and oxygen atoms in total. The van der Waals surface area contributed by atoms with Gasteiger partial charge in [0.2, 0.25) is 0 Å². The van der Waals surface area contributed by atoms with Gasteiger partial charge in [0.25, 0.3) is 0 Å². The van der Waals surface area contributed by atoms with Crippen LogP contribution in [0.5, 0.6) is 5.75 Å². The van der Waals surface area contributed by atoms with E-state index in [-0.39, 0.29) is 0 Å². The van der Waals surface area contributed by atoms with E-state index < -0.39 is 0 Å². The lowest BCUT2D eigenvalue weighted by molar-refractivity contribution is 0.260. The van der Waals surface area contributed by atoms with Gasteiger partial charge < -0.3 is 15.0 Å². The van der Waals surface area contributed by atoms with Gasteiger partial charge in [0.15, 0.2) is 0 Å². The molecule has 102 valence electrons. The molecule has 1 heterocycles. The zero-order chi connectivity index (χ0) is 13.4. The average molecular weight is 251 g/mol. The van der Waals surface area contributed by atoms with Gasteiger partial charge in [0, 0.05) is 12.6 Å². The number of aromatic nitrogens is 1. The van der Waals surface area contributed by atoms with E-state index in [1.807, 2.05) is 26.2 Å². The summed E-state index contributed by atoms with van der Waals surface area (Å²) in [5.74, 6) is 0.836. The molecule has 0 amide bonds. The number of pyridine rings is 1. The minimum atomic E-state index is 0.292. The summed E-state index contributed by atoms with van der Waals surface area (Å²) < 4.78 is 5.61. The molecule has 0 saturated heterocycles. The van der Waals surface area contributed by atoms with Crippen molar-refractivity contribution in [2.24, 2.45) is 0 Å². The minimum absolute atomic E-state index is 0.292. The van der Waals surface area contributed by atoms with Crippen LogP contribution >= 0.6 is 0 Å². The first-order valence-corrected chi connectivity index (χ1v) is 6.60. The molecule has 1 rings (SSSR count). The Bertz CT molecular complexity index is 324. The highest BCUT2D eigenvalue weighted by molar-refractivity contribution is 5.21. The van der Waals surface area contributed by atoms with Crippen LogP contribution in [0.4, 0.5) is 0 Å². The van der Waals surface area contributed by atoms with Crippen LogP contribution in [0, 0.1) is 0 Å². The van der Waals surface area contributed by atoms with Crippen LogP contribution in [0.3, 0.4) is 0 Å². The molecule has 0 radical (unpaired) electrons. The molecule has 18 heavy (non-hydrogen) atoms. The number of hydrogen-bond donors (Lipinski definition) is 1. The van der Waals surface area contributed by atoms with Crippen LogP contribution in [-0.2, 0) is 0 Å². The highest BCUT2D eigenvalue weighted by Crippen LogP contribution is 2.14. The standard InChI is InChI=1S/C14H25N3O/c1-5-8-15-12(2)14-7-6-13(11-16-14)18-10-9-17(3)4/h6-7,11-12,15H,5,8-10H2,1-4H3. The van der Waals surface area contributed by atoms with Crippen molar-refractivity contribution in [3.05, 3.63) is 24.0 Å². The van der Waals surface area contributed by atoms with Crippen LogP contribution in [-0.4, -0.2) is 43.7 Å². The fourth-order valence-corrected chi connectivity index (χ4v) is 1.54. The zero-order valence-corrected chi connectivity index (χ0v) is 11.9. The highest BCUT2D eigenvalue weighted by atomic mass is 16.5. The molecule has 1 atom stereocenters. The molecule has 0 aliphatic heterocycles. The molecule has 0 aliphatic carbocycles. The first-order chi connectivity index (χ1) is 8.63. The Morgan fingerprint density at radius 2 is 2.17 bits per heavy atom. The molecule has 0 bridgehead atoms. The number of ether oxygens (including phenoxy) is 1. The minimum Gasteiger partial charge on any atom is -0.491 e. The van der Waals surface area contributed by atoms with Crippen molar-refractivity contribution in [3.63, 3.8) is 0 Å². The van der Waals surface area contributed by atoms with Gasteiger partial charge >= 0.3 is 0 Å². The second-order valence-corrected chi connectivity index (χ2v) is 4.75. The van der Waals surface area contributed by atoms with Crippen LogP contribution in [0.1, 0.15) is 32.0 Å². The molecule has 0 spiro atoms. The Morgan fingerprint density at radius 1 is 1.39 bits per heavy atom. The van der Waals surface area contributed by atoms with E-state index in [4.69, 9.17) is 4.74 Å². The fourth-order valence-electron chi connectivity index (χ4n) is 1.54. The zero-order valence-electron chi connectivity index (χ0n) is 11.9. The van der Waals surface area contributed by atoms with E-state index in [9.17, 15) is 0 Å². The summed E-state index contributed by atoms with van der Waals surface area (Å²) in [5, 5.41) is 3.42. The number of rotatable bonds is 8. The Morgan fingerprint density at radius 3 is 2.72 bits per heavy atom. The van der Waals surface area contributed by atoms with Gasteiger partial charge in [-0.1, -0.05) is 6.92 Å². The number of hydrogen-bond acceptors (Lipinski definition) is 4. The van der Waals surface area contributed by atoms with Crippen LogP contribution in [0.25, 0.3) is 0 Å². The molecule has 1 unspecified atom stereocenters. The summed E-state index contributed by atoms with van der Waals surface area (Å²) >= 11 is 0. The number of likely N-dealkylation sites (N-methyl/N-ethyl adjacent to an activating group) is 1. The van der Waals surface area contributed by atoms with Gasteiger partial charge in [0.05, 0.1) is 11.9 Å². The second kappa shape index (κ2) is 8.06. The lowest BCUT2D eigenvalue weighted by Crippen LogP contribution is -2.20. The molecule has 0 aliphatic rings. The van der Waals surface area contributed by atoms with Crippen LogP contribution in [0.2, 0.25) is 0 Å². The van der Waals surface area contributed by atoms with Crippen molar-refractivity contribution < 1.29 is 4.74 Å². The first-order valence-electron chi connectivity index (χ1n) is 6.60. The van der Waals surface area contributed by atoms with Gasteiger partial charge in [-0.25, -0.2) is 0 Å². The predicted molar refractivity (Wildman–Crippen MR) is 75.0 cm³/mol. The van der Waals surface area contributed by atoms with Crippen molar-refractivity contribution in [2.75, 3.05) is 33.8 Å². The van der Waals surface area contributed by atoms with E-state index in [2.05, 4.69) is 29.0 Å². The molecular formula is C14H25N3O. The summed E-state index contributed by atoms with van der Waals surface area (Å²) in [5.41, 5.74) is 1.06. The third-order valence-electron chi connectivity index (χ3n) is 2.71. The molecule has 4 heteroatoms. The SMILES string of the molecule is CCCNC(C)c1ccc(OCCN(C)C)cn1. The van der Waals surface area contributed by atoms with Crippen molar-refractivity contribution in [3.8, 4) is 5.75 Å². The van der Waals surface area contributed by atoms with Gasteiger partial charge in [-0.05, 0) is 46.1 Å². The van der Waals surface area contributed by atoms with Crippen molar-refractivity contribution in [1.82, 2.24) is 15.2 Å². The van der Waals surface area contributed by atoms with Crippen molar-refractivity contribution in [1.29, 1.82) is 0 Å². The van der Waals surface area contributed by atoms with E-state index in [1.54, 1.807) is 6.20 Å². The molecule has 1 aromatic heterocycles. The van der Waals surface area contributed by atoms with E-state index in [0.717, 1.165) is 31.0 Å². The first kappa shape index (κ1) is 14.9. The largest absolute Gasteiger partial charge is 0.491 e. The third kappa shape index (κ3) is 5.47. The Balaban J connectivity index is 2.41. The maximum absolute atomic E-state index is 5.61.